The Morgan fingerprint density at radius 3 is 2.83 bits per heavy atom. The van der Waals surface area contributed by atoms with Crippen molar-refractivity contribution in [2.75, 3.05) is 5.32 Å². The maximum atomic E-state index is 13.2. The van der Waals surface area contributed by atoms with E-state index in [-0.39, 0.29) is 22.9 Å². The van der Waals surface area contributed by atoms with Crippen LogP contribution in [0.15, 0.2) is 18.2 Å². The zero-order valence-electron chi connectivity index (χ0n) is 9.75. The summed E-state index contributed by atoms with van der Waals surface area (Å²) in [6.07, 6.45) is 3.08. The number of carbonyl (C=O) groups excluding carboxylic acids is 1. The molecule has 5 heteroatoms. The van der Waals surface area contributed by atoms with E-state index in [1.165, 1.54) is 12.1 Å². The Kier molecular flexibility index (Phi) is 2.99. The zero-order chi connectivity index (χ0) is 12.7. The fourth-order valence-corrected chi connectivity index (χ4v) is 3.20. The summed E-state index contributed by atoms with van der Waals surface area (Å²) < 4.78 is 13.2. The predicted octanol–water partition coefficient (Wildman–Crippen LogP) is 2.56. The van der Waals surface area contributed by atoms with Gasteiger partial charge in [-0.3, -0.25) is 4.79 Å². The van der Waals surface area contributed by atoms with Gasteiger partial charge in [-0.25, -0.2) is 4.39 Å². The van der Waals surface area contributed by atoms with Crippen LogP contribution in [-0.4, -0.2) is 18.0 Å². The summed E-state index contributed by atoms with van der Waals surface area (Å²) >= 11 is 5.75. The van der Waals surface area contributed by atoms with Crippen molar-refractivity contribution in [2.45, 2.75) is 31.3 Å². The molecule has 3 unspecified atom stereocenters. The number of hydrogen-bond acceptors (Lipinski definition) is 2. The monoisotopic (exact) mass is 268 g/mol. The minimum absolute atomic E-state index is 0.00853. The molecule has 0 aromatic heterocycles. The lowest BCUT2D eigenvalue weighted by Crippen LogP contribution is -2.32. The minimum Gasteiger partial charge on any atom is -0.326 e. The number of anilines is 1. The Labute approximate surface area is 110 Å². The van der Waals surface area contributed by atoms with E-state index in [1.807, 2.05) is 0 Å². The van der Waals surface area contributed by atoms with Crippen LogP contribution in [0.1, 0.15) is 19.3 Å². The second-order valence-electron chi connectivity index (χ2n) is 5.04. The molecular weight excluding hydrogens is 255 g/mol. The predicted molar refractivity (Wildman–Crippen MR) is 68.1 cm³/mol. The van der Waals surface area contributed by atoms with Crippen LogP contribution in [0.5, 0.6) is 0 Å². The summed E-state index contributed by atoms with van der Waals surface area (Å²) in [5, 5.41) is 6.44. The van der Waals surface area contributed by atoms with E-state index < -0.39 is 5.82 Å². The highest BCUT2D eigenvalue weighted by atomic mass is 35.5. The number of benzene rings is 1. The molecule has 0 saturated carbocycles. The lowest BCUT2D eigenvalue weighted by Gasteiger charge is -2.19. The summed E-state index contributed by atoms with van der Waals surface area (Å²) in [6, 6.07) is 4.81. The van der Waals surface area contributed by atoms with E-state index in [2.05, 4.69) is 10.6 Å². The molecule has 2 saturated heterocycles. The third kappa shape index (κ3) is 2.22. The molecule has 2 heterocycles. The molecule has 3 rings (SSSR count). The van der Waals surface area contributed by atoms with Gasteiger partial charge >= 0.3 is 0 Å². The van der Waals surface area contributed by atoms with E-state index in [4.69, 9.17) is 11.6 Å². The van der Waals surface area contributed by atoms with Gasteiger partial charge in [-0.1, -0.05) is 11.6 Å². The number of halogens is 2. The van der Waals surface area contributed by atoms with Crippen LogP contribution >= 0.6 is 11.6 Å². The lowest BCUT2D eigenvalue weighted by molar-refractivity contribution is -0.120. The molecule has 2 N–H and O–H groups in total. The average molecular weight is 269 g/mol. The van der Waals surface area contributed by atoms with Gasteiger partial charge in [0.05, 0.1) is 5.92 Å². The first-order chi connectivity index (χ1) is 8.61. The molecule has 18 heavy (non-hydrogen) atoms. The minimum atomic E-state index is -0.441. The van der Waals surface area contributed by atoms with Gasteiger partial charge < -0.3 is 10.6 Å². The fourth-order valence-electron chi connectivity index (χ4n) is 2.97. The van der Waals surface area contributed by atoms with Crippen molar-refractivity contribution in [3.05, 3.63) is 29.0 Å². The molecule has 3 nitrogen and oxygen atoms in total. The Morgan fingerprint density at radius 2 is 2.22 bits per heavy atom. The molecule has 2 aliphatic heterocycles. The van der Waals surface area contributed by atoms with Gasteiger partial charge in [0.1, 0.15) is 5.82 Å². The van der Waals surface area contributed by atoms with Crippen molar-refractivity contribution in [3.8, 4) is 0 Å². The summed E-state index contributed by atoms with van der Waals surface area (Å²) in [6.45, 7) is 0. The van der Waals surface area contributed by atoms with Crippen LogP contribution in [-0.2, 0) is 4.79 Å². The molecule has 1 amide bonds. The topological polar surface area (TPSA) is 41.1 Å². The van der Waals surface area contributed by atoms with Gasteiger partial charge in [0, 0.05) is 22.8 Å². The number of fused-ring (bicyclic) bond motifs is 2. The largest absolute Gasteiger partial charge is 0.326 e. The molecule has 2 aliphatic rings. The number of amides is 1. The van der Waals surface area contributed by atoms with Crippen LogP contribution in [0.25, 0.3) is 0 Å². The van der Waals surface area contributed by atoms with Crippen molar-refractivity contribution >= 4 is 23.2 Å². The van der Waals surface area contributed by atoms with Crippen molar-refractivity contribution in [1.82, 2.24) is 5.32 Å². The van der Waals surface area contributed by atoms with Crippen molar-refractivity contribution < 1.29 is 9.18 Å². The third-order valence-corrected chi connectivity index (χ3v) is 3.99. The molecule has 0 aliphatic carbocycles. The third-order valence-electron chi connectivity index (χ3n) is 3.77. The summed E-state index contributed by atoms with van der Waals surface area (Å²) in [7, 11) is 0. The molecule has 2 bridgehead atoms. The number of hydrogen-bond donors (Lipinski definition) is 2. The molecule has 1 aromatic rings. The molecule has 1 aromatic carbocycles. The second-order valence-corrected chi connectivity index (χ2v) is 5.47. The van der Waals surface area contributed by atoms with E-state index in [0.29, 0.717) is 11.7 Å². The lowest BCUT2D eigenvalue weighted by atomic mass is 9.88. The maximum absolute atomic E-state index is 13.2. The molecule has 3 atom stereocenters. The first-order valence-electron chi connectivity index (χ1n) is 6.15. The first kappa shape index (κ1) is 11.9. The van der Waals surface area contributed by atoms with E-state index in [0.717, 1.165) is 19.3 Å². The molecule has 0 spiro atoms. The molecule has 2 fully saturated rings. The van der Waals surface area contributed by atoms with Crippen molar-refractivity contribution in [2.24, 2.45) is 5.92 Å². The van der Waals surface area contributed by atoms with E-state index in [1.54, 1.807) is 6.07 Å². The Morgan fingerprint density at radius 1 is 1.39 bits per heavy atom. The van der Waals surface area contributed by atoms with Gasteiger partial charge in [0.2, 0.25) is 5.91 Å². The zero-order valence-corrected chi connectivity index (χ0v) is 10.5. The van der Waals surface area contributed by atoms with Crippen molar-refractivity contribution in [3.63, 3.8) is 0 Å². The highest BCUT2D eigenvalue weighted by Gasteiger charge is 2.42. The smallest absolute Gasteiger partial charge is 0.229 e. The van der Waals surface area contributed by atoms with Gasteiger partial charge in [0.15, 0.2) is 0 Å². The molecular formula is C13H14ClFN2O. The SMILES string of the molecule is O=C(Nc1cc(F)cc(Cl)c1)C1CC2CCC1N2. The van der Waals surface area contributed by atoms with Crippen molar-refractivity contribution in [1.29, 1.82) is 0 Å². The standard InChI is InChI=1S/C13H14ClFN2O/c14-7-3-8(15)5-10(4-7)17-13(18)11-6-9-1-2-12(11)16-9/h3-5,9,11-12,16H,1-2,6H2,(H,17,18). The second kappa shape index (κ2) is 4.52. The van der Waals surface area contributed by atoms with Crippen LogP contribution in [0.3, 0.4) is 0 Å². The van der Waals surface area contributed by atoms with E-state index >= 15 is 0 Å². The maximum Gasteiger partial charge on any atom is 0.229 e. The van der Waals surface area contributed by atoms with Gasteiger partial charge in [-0.05, 0) is 37.5 Å². The Bertz CT molecular complexity index is 474. The van der Waals surface area contributed by atoms with Crippen LogP contribution in [0.4, 0.5) is 10.1 Å². The van der Waals surface area contributed by atoms with Crippen LogP contribution in [0, 0.1) is 11.7 Å². The van der Waals surface area contributed by atoms with Crippen LogP contribution < -0.4 is 10.6 Å². The molecule has 96 valence electrons. The first-order valence-corrected chi connectivity index (χ1v) is 6.52. The number of carbonyl (C=O) groups is 1. The highest BCUT2D eigenvalue weighted by Crippen LogP contribution is 2.34. The van der Waals surface area contributed by atoms with Gasteiger partial charge in [0.25, 0.3) is 0 Å². The van der Waals surface area contributed by atoms with E-state index in [9.17, 15) is 9.18 Å². The quantitative estimate of drug-likeness (QED) is 0.866. The average Bonchev–Trinajstić information content (AvgIpc) is 2.88. The van der Waals surface area contributed by atoms with Gasteiger partial charge in [-0.2, -0.15) is 0 Å². The summed E-state index contributed by atoms with van der Waals surface area (Å²) in [5.74, 6) is -0.494. The Balaban J connectivity index is 1.70. The molecule has 0 radical (unpaired) electrons. The Hall–Kier alpha value is -1.13. The fraction of sp³-hybridized carbons (Fsp3) is 0.462. The van der Waals surface area contributed by atoms with Crippen LogP contribution in [0.2, 0.25) is 5.02 Å². The highest BCUT2D eigenvalue weighted by molar-refractivity contribution is 6.30. The van der Waals surface area contributed by atoms with Gasteiger partial charge in [-0.15, -0.1) is 0 Å². The number of rotatable bonds is 2. The summed E-state index contributed by atoms with van der Waals surface area (Å²) in [4.78, 5) is 12.1. The normalized spacial score (nSPS) is 29.6. The summed E-state index contributed by atoms with van der Waals surface area (Å²) in [5.41, 5.74) is 0.424. The number of nitrogens with one attached hydrogen (secondary N) is 2.